The van der Waals surface area contributed by atoms with Crippen LogP contribution in [0.1, 0.15) is 30.9 Å². The van der Waals surface area contributed by atoms with Crippen LogP contribution < -0.4 is 0 Å². The average molecular weight is 369 g/mol. The van der Waals surface area contributed by atoms with Gasteiger partial charge in [0.1, 0.15) is 11.5 Å². The Morgan fingerprint density at radius 1 is 1.04 bits per heavy atom. The molecule has 2 rings (SSSR count). The van der Waals surface area contributed by atoms with E-state index in [4.69, 9.17) is 27.9 Å². The molecule has 0 bridgehead atoms. The lowest BCUT2D eigenvalue weighted by Gasteiger charge is -2.31. The van der Waals surface area contributed by atoms with Crippen molar-refractivity contribution in [2.75, 3.05) is 7.11 Å². The predicted molar refractivity (Wildman–Crippen MR) is 93.9 cm³/mol. The van der Waals surface area contributed by atoms with Crippen molar-refractivity contribution >= 4 is 29.2 Å². The van der Waals surface area contributed by atoms with E-state index in [0.29, 0.717) is 6.42 Å². The minimum Gasteiger partial charge on any atom is -0.506 e. The summed E-state index contributed by atoms with van der Waals surface area (Å²) in [6.07, 6.45) is 0.645. The van der Waals surface area contributed by atoms with Crippen LogP contribution in [0.25, 0.3) is 0 Å². The van der Waals surface area contributed by atoms with Crippen molar-refractivity contribution in [1.82, 2.24) is 0 Å². The number of methoxy groups -OCH3 is 1. The van der Waals surface area contributed by atoms with E-state index in [1.165, 1.54) is 19.2 Å². The lowest BCUT2D eigenvalue weighted by Crippen LogP contribution is -2.25. The number of phenolic OH excluding ortho intramolecular Hbond substituents is 2. The first kappa shape index (κ1) is 18.4. The molecule has 0 aliphatic carbocycles. The number of phenols is 2. The highest BCUT2D eigenvalue weighted by atomic mass is 35.5. The first-order chi connectivity index (χ1) is 11.3. The number of halogens is 2. The van der Waals surface area contributed by atoms with Gasteiger partial charge in [0.05, 0.1) is 17.2 Å². The highest BCUT2D eigenvalue weighted by Gasteiger charge is 2.31. The van der Waals surface area contributed by atoms with Crippen LogP contribution in [-0.2, 0) is 14.9 Å². The first-order valence-corrected chi connectivity index (χ1v) is 8.08. The maximum atomic E-state index is 11.6. The molecule has 0 saturated heterocycles. The van der Waals surface area contributed by atoms with Crippen molar-refractivity contribution < 1.29 is 19.7 Å². The van der Waals surface area contributed by atoms with Crippen molar-refractivity contribution in [3.63, 3.8) is 0 Å². The number of ether oxygens (including phenoxy) is 1. The van der Waals surface area contributed by atoms with E-state index < -0.39 is 5.41 Å². The molecule has 0 atom stereocenters. The van der Waals surface area contributed by atoms with Crippen molar-refractivity contribution in [2.24, 2.45) is 0 Å². The fraction of sp³-hybridized carbons (Fsp3) is 0.278. The lowest BCUT2D eigenvalue weighted by atomic mass is 9.73. The molecule has 0 aliphatic rings. The lowest BCUT2D eigenvalue weighted by molar-refractivity contribution is -0.140. The topological polar surface area (TPSA) is 66.8 Å². The van der Waals surface area contributed by atoms with Crippen LogP contribution in [-0.4, -0.2) is 23.3 Å². The average Bonchev–Trinajstić information content (AvgIpc) is 2.57. The Hall–Kier alpha value is -1.91. The Balaban J connectivity index is 2.52. The largest absolute Gasteiger partial charge is 0.506 e. The van der Waals surface area contributed by atoms with Gasteiger partial charge in [-0.05, 0) is 41.8 Å². The normalized spacial score (nSPS) is 11.3. The van der Waals surface area contributed by atoms with Crippen LogP contribution >= 0.6 is 23.2 Å². The molecule has 0 aliphatic heterocycles. The molecule has 0 spiro atoms. The Labute approximate surface area is 150 Å². The van der Waals surface area contributed by atoms with E-state index >= 15 is 0 Å². The summed E-state index contributed by atoms with van der Waals surface area (Å²) in [6, 6.07) is 9.84. The van der Waals surface area contributed by atoms with Gasteiger partial charge in [0.15, 0.2) is 0 Å². The molecule has 0 heterocycles. The SMILES string of the molecule is COC(=O)CCC(C)(c1ccc(O)c(Cl)c1)c1ccc(O)c(Cl)c1. The number of carbonyl (C=O) groups excluding carboxylic acids is 1. The predicted octanol–water partition coefficient (Wildman–Crippen LogP) is 4.66. The van der Waals surface area contributed by atoms with Crippen LogP contribution in [0.2, 0.25) is 10.0 Å². The number of hydrogen-bond acceptors (Lipinski definition) is 4. The third-order valence-electron chi connectivity index (χ3n) is 4.23. The van der Waals surface area contributed by atoms with Gasteiger partial charge in [-0.3, -0.25) is 4.79 Å². The minimum absolute atomic E-state index is 0.0144. The second-order valence-electron chi connectivity index (χ2n) is 5.74. The number of rotatable bonds is 5. The van der Waals surface area contributed by atoms with E-state index in [-0.39, 0.29) is 33.9 Å². The summed E-state index contributed by atoms with van der Waals surface area (Å²) in [4.78, 5) is 11.6. The monoisotopic (exact) mass is 368 g/mol. The minimum atomic E-state index is -0.608. The summed E-state index contributed by atoms with van der Waals surface area (Å²) < 4.78 is 4.73. The number of hydrogen-bond donors (Lipinski definition) is 2. The highest BCUT2D eigenvalue weighted by molar-refractivity contribution is 6.32. The summed E-state index contributed by atoms with van der Waals surface area (Å²) in [5, 5.41) is 19.8. The zero-order valence-electron chi connectivity index (χ0n) is 13.3. The zero-order chi connectivity index (χ0) is 17.9. The van der Waals surface area contributed by atoms with Crippen LogP contribution in [0, 0.1) is 0 Å². The molecule has 0 unspecified atom stereocenters. The molecular weight excluding hydrogens is 351 g/mol. The third kappa shape index (κ3) is 3.77. The standard InChI is InChI=1S/C18H18Cl2O4/c1-18(8-7-17(23)24-2,11-3-5-15(21)13(19)9-11)12-4-6-16(22)14(20)10-12/h3-6,9-10,21-22H,7-8H2,1-2H3. The molecule has 0 fully saturated rings. The van der Waals surface area contributed by atoms with E-state index in [1.54, 1.807) is 24.3 Å². The number of benzene rings is 2. The van der Waals surface area contributed by atoms with Gasteiger partial charge in [0, 0.05) is 11.8 Å². The summed E-state index contributed by atoms with van der Waals surface area (Å²) >= 11 is 12.1. The number of aromatic hydroxyl groups is 2. The quantitative estimate of drug-likeness (QED) is 0.752. The molecule has 2 N–H and O–H groups in total. The summed E-state index contributed by atoms with van der Waals surface area (Å²) in [5.41, 5.74) is 1.02. The van der Waals surface area contributed by atoms with Crippen LogP contribution in [0.5, 0.6) is 11.5 Å². The van der Waals surface area contributed by atoms with Gasteiger partial charge in [0.2, 0.25) is 0 Å². The van der Waals surface area contributed by atoms with Gasteiger partial charge >= 0.3 is 5.97 Å². The van der Waals surface area contributed by atoms with Gasteiger partial charge in [-0.1, -0.05) is 42.3 Å². The van der Waals surface area contributed by atoms with E-state index in [1.807, 2.05) is 6.92 Å². The van der Waals surface area contributed by atoms with Gasteiger partial charge in [-0.2, -0.15) is 0 Å². The molecular formula is C18H18Cl2O4. The molecule has 2 aromatic carbocycles. The maximum absolute atomic E-state index is 11.6. The highest BCUT2D eigenvalue weighted by Crippen LogP contribution is 2.41. The van der Waals surface area contributed by atoms with E-state index in [0.717, 1.165) is 11.1 Å². The third-order valence-corrected chi connectivity index (χ3v) is 4.83. The summed E-state index contributed by atoms with van der Waals surface area (Å²) in [5.74, 6) is -0.352. The fourth-order valence-corrected chi connectivity index (χ4v) is 2.97. The second-order valence-corrected chi connectivity index (χ2v) is 6.56. The van der Waals surface area contributed by atoms with Crippen LogP contribution in [0.15, 0.2) is 36.4 Å². The molecule has 2 aromatic rings. The maximum Gasteiger partial charge on any atom is 0.305 e. The van der Waals surface area contributed by atoms with Crippen molar-refractivity contribution in [3.8, 4) is 11.5 Å². The Morgan fingerprint density at radius 3 is 1.88 bits per heavy atom. The van der Waals surface area contributed by atoms with Crippen molar-refractivity contribution in [1.29, 1.82) is 0 Å². The van der Waals surface area contributed by atoms with Gasteiger partial charge in [-0.15, -0.1) is 0 Å². The number of carbonyl (C=O) groups is 1. The van der Waals surface area contributed by atoms with Crippen LogP contribution in [0.4, 0.5) is 0 Å². The Kier molecular flexibility index (Phi) is 5.62. The summed E-state index contributed by atoms with van der Waals surface area (Å²) in [7, 11) is 1.34. The Morgan fingerprint density at radius 2 is 1.50 bits per heavy atom. The van der Waals surface area contributed by atoms with E-state index in [9.17, 15) is 15.0 Å². The van der Waals surface area contributed by atoms with Crippen molar-refractivity contribution in [2.45, 2.75) is 25.2 Å². The molecule has 4 nitrogen and oxygen atoms in total. The molecule has 6 heteroatoms. The molecule has 0 aromatic heterocycles. The van der Waals surface area contributed by atoms with Gasteiger partial charge in [0.25, 0.3) is 0 Å². The zero-order valence-corrected chi connectivity index (χ0v) is 14.9. The second kappa shape index (κ2) is 7.32. The molecule has 128 valence electrons. The molecule has 0 radical (unpaired) electrons. The molecule has 0 saturated carbocycles. The Bertz CT molecular complexity index is 707. The number of esters is 1. The summed E-state index contributed by atoms with van der Waals surface area (Å²) in [6.45, 7) is 1.95. The van der Waals surface area contributed by atoms with Gasteiger partial charge < -0.3 is 14.9 Å². The molecule has 0 amide bonds. The van der Waals surface area contributed by atoms with Gasteiger partial charge in [-0.25, -0.2) is 0 Å². The smallest absolute Gasteiger partial charge is 0.305 e. The van der Waals surface area contributed by atoms with Crippen LogP contribution in [0.3, 0.4) is 0 Å². The first-order valence-electron chi connectivity index (χ1n) is 7.32. The fourth-order valence-electron chi connectivity index (χ4n) is 2.61. The van der Waals surface area contributed by atoms with Crippen molar-refractivity contribution in [3.05, 3.63) is 57.6 Å². The molecule has 24 heavy (non-hydrogen) atoms. The van der Waals surface area contributed by atoms with E-state index in [2.05, 4.69) is 0 Å².